The van der Waals surface area contributed by atoms with E-state index in [-0.39, 0.29) is 5.92 Å². The summed E-state index contributed by atoms with van der Waals surface area (Å²) in [6.45, 7) is 3.86. The molecule has 2 fully saturated rings. The van der Waals surface area contributed by atoms with Crippen LogP contribution in [0.15, 0.2) is 0 Å². The lowest BCUT2D eigenvalue weighted by atomic mass is 9.94. The second kappa shape index (κ2) is 6.22. The smallest absolute Gasteiger partial charge is 0.0672 e. The van der Waals surface area contributed by atoms with E-state index < -0.39 is 0 Å². The summed E-state index contributed by atoms with van der Waals surface area (Å²) in [5, 5.41) is 9.28. The molecule has 1 saturated carbocycles. The molecule has 0 amide bonds. The fourth-order valence-corrected chi connectivity index (χ4v) is 2.97. The molecule has 0 spiro atoms. The van der Waals surface area contributed by atoms with E-state index in [0.29, 0.717) is 6.04 Å². The van der Waals surface area contributed by atoms with Gasteiger partial charge in [0.05, 0.1) is 18.6 Å². The molecular weight excluding hydrogens is 200 g/mol. The minimum absolute atomic E-state index is 0.251. The van der Waals surface area contributed by atoms with Crippen LogP contribution < -0.4 is 0 Å². The number of nitriles is 1. The molecule has 90 valence electrons. The second-order valence-electron chi connectivity index (χ2n) is 4.94. The van der Waals surface area contributed by atoms with Gasteiger partial charge in [0, 0.05) is 25.7 Å². The van der Waals surface area contributed by atoms with Crippen molar-refractivity contribution in [2.75, 3.05) is 26.3 Å². The highest BCUT2D eigenvalue weighted by Gasteiger charge is 2.29. The minimum Gasteiger partial charge on any atom is -0.380 e. The standard InChI is InChI=1S/C13H22N2O/c14-11-12-5-2-1-3-6-13(12)15-7-4-9-16-10-8-15/h12-13H,1-10H2. The van der Waals surface area contributed by atoms with Crippen LogP contribution in [0.5, 0.6) is 0 Å². The van der Waals surface area contributed by atoms with Gasteiger partial charge in [0.15, 0.2) is 0 Å². The molecule has 2 unspecified atom stereocenters. The molecule has 0 aromatic carbocycles. The number of hydrogen-bond acceptors (Lipinski definition) is 3. The molecule has 1 aliphatic heterocycles. The van der Waals surface area contributed by atoms with Crippen LogP contribution in [-0.2, 0) is 4.74 Å². The molecule has 0 bridgehead atoms. The van der Waals surface area contributed by atoms with Crippen molar-refractivity contribution in [3.8, 4) is 6.07 Å². The minimum atomic E-state index is 0.251. The first-order valence-corrected chi connectivity index (χ1v) is 6.63. The van der Waals surface area contributed by atoms with Gasteiger partial charge < -0.3 is 4.74 Å². The van der Waals surface area contributed by atoms with Crippen molar-refractivity contribution in [2.24, 2.45) is 5.92 Å². The Morgan fingerprint density at radius 2 is 1.88 bits per heavy atom. The Balaban J connectivity index is 2.00. The van der Waals surface area contributed by atoms with E-state index >= 15 is 0 Å². The fourth-order valence-electron chi connectivity index (χ4n) is 2.97. The predicted molar refractivity (Wildman–Crippen MR) is 63.0 cm³/mol. The van der Waals surface area contributed by atoms with Crippen LogP contribution in [0.3, 0.4) is 0 Å². The van der Waals surface area contributed by atoms with Crippen molar-refractivity contribution in [1.29, 1.82) is 5.26 Å². The topological polar surface area (TPSA) is 36.3 Å². The summed E-state index contributed by atoms with van der Waals surface area (Å²) < 4.78 is 5.49. The van der Waals surface area contributed by atoms with E-state index in [1.54, 1.807) is 0 Å². The van der Waals surface area contributed by atoms with Gasteiger partial charge in [0.25, 0.3) is 0 Å². The second-order valence-corrected chi connectivity index (χ2v) is 4.94. The zero-order valence-corrected chi connectivity index (χ0v) is 10.0. The monoisotopic (exact) mass is 222 g/mol. The fraction of sp³-hybridized carbons (Fsp3) is 0.923. The van der Waals surface area contributed by atoms with E-state index in [4.69, 9.17) is 4.74 Å². The number of rotatable bonds is 1. The molecule has 16 heavy (non-hydrogen) atoms. The van der Waals surface area contributed by atoms with Gasteiger partial charge in [-0.2, -0.15) is 5.26 Å². The molecule has 2 atom stereocenters. The van der Waals surface area contributed by atoms with E-state index in [1.165, 1.54) is 25.7 Å². The summed E-state index contributed by atoms with van der Waals surface area (Å²) in [6, 6.07) is 3.02. The van der Waals surface area contributed by atoms with Crippen molar-refractivity contribution in [1.82, 2.24) is 4.90 Å². The van der Waals surface area contributed by atoms with E-state index in [1.807, 2.05) is 0 Å². The quantitative estimate of drug-likeness (QED) is 0.638. The van der Waals surface area contributed by atoms with Gasteiger partial charge >= 0.3 is 0 Å². The van der Waals surface area contributed by atoms with Crippen LogP contribution >= 0.6 is 0 Å². The highest BCUT2D eigenvalue weighted by Crippen LogP contribution is 2.27. The molecule has 2 aliphatic rings. The largest absolute Gasteiger partial charge is 0.380 e. The highest BCUT2D eigenvalue weighted by atomic mass is 16.5. The van der Waals surface area contributed by atoms with Crippen molar-refractivity contribution < 1.29 is 4.74 Å². The first kappa shape index (κ1) is 11.9. The van der Waals surface area contributed by atoms with Crippen molar-refractivity contribution >= 4 is 0 Å². The van der Waals surface area contributed by atoms with Crippen LogP contribution in [0.25, 0.3) is 0 Å². The molecule has 0 aromatic rings. The van der Waals surface area contributed by atoms with E-state index in [2.05, 4.69) is 11.0 Å². The molecular formula is C13H22N2O. The molecule has 3 nitrogen and oxygen atoms in total. The summed E-state index contributed by atoms with van der Waals surface area (Å²) in [7, 11) is 0. The number of hydrogen-bond donors (Lipinski definition) is 0. The molecule has 3 heteroatoms. The molecule has 0 N–H and O–H groups in total. The summed E-state index contributed by atoms with van der Waals surface area (Å²) in [6.07, 6.45) is 7.25. The van der Waals surface area contributed by atoms with Gasteiger partial charge in [-0.3, -0.25) is 4.90 Å². The van der Waals surface area contributed by atoms with E-state index in [0.717, 1.165) is 39.1 Å². The third kappa shape index (κ3) is 2.96. The van der Waals surface area contributed by atoms with Gasteiger partial charge in [0.1, 0.15) is 0 Å². The number of ether oxygens (including phenoxy) is 1. The lowest BCUT2D eigenvalue weighted by molar-refractivity contribution is 0.119. The summed E-state index contributed by atoms with van der Waals surface area (Å²) >= 11 is 0. The van der Waals surface area contributed by atoms with Gasteiger partial charge in [0.2, 0.25) is 0 Å². The molecule has 1 aliphatic carbocycles. The lowest BCUT2D eigenvalue weighted by Crippen LogP contribution is -2.41. The molecule has 0 radical (unpaired) electrons. The van der Waals surface area contributed by atoms with Crippen molar-refractivity contribution in [2.45, 2.75) is 44.6 Å². The van der Waals surface area contributed by atoms with Crippen molar-refractivity contribution in [3.05, 3.63) is 0 Å². The van der Waals surface area contributed by atoms with Gasteiger partial charge in [-0.25, -0.2) is 0 Å². The van der Waals surface area contributed by atoms with Crippen LogP contribution in [0, 0.1) is 17.2 Å². The Bertz CT molecular complexity index is 241. The molecule has 1 saturated heterocycles. The van der Waals surface area contributed by atoms with E-state index in [9.17, 15) is 5.26 Å². The Hall–Kier alpha value is -0.590. The van der Waals surface area contributed by atoms with Gasteiger partial charge in [-0.1, -0.05) is 19.3 Å². The Kier molecular flexibility index (Phi) is 4.62. The molecule has 1 heterocycles. The average molecular weight is 222 g/mol. The lowest BCUT2D eigenvalue weighted by Gasteiger charge is -2.32. The third-order valence-corrected chi connectivity index (χ3v) is 3.87. The average Bonchev–Trinajstić information content (AvgIpc) is 2.70. The SMILES string of the molecule is N#CC1CCCCCC1N1CCCOCC1. The maximum Gasteiger partial charge on any atom is 0.0672 e. The first-order valence-electron chi connectivity index (χ1n) is 6.63. The van der Waals surface area contributed by atoms with Crippen LogP contribution in [0.2, 0.25) is 0 Å². The molecule has 2 rings (SSSR count). The maximum absolute atomic E-state index is 9.28. The Labute approximate surface area is 98.4 Å². The normalized spacial score (nSPS) is 33.7. The summed E-state index contributed by atoms with van der Waals surface area (Å²) in [4.78, 5) is 2.51. The summed E-state index contributed by atoms with van der Waals surface area (Å²) in [5.74, 6) is 0.251. The first-order chi connectivity index (χ1) is 7.92. The van der Waals surface area contributed by atoms with Crippen LogP contribution in [-0.4, -0.2) is 37.2 Å². The van der Waals surface area contributed by atoms with Gasteiger partial charge in [-0.15, -0.1) is 0 Å². The number of nitrogens with zero attached hydrogens (tertiary/aromatic N) is 2. The van der Waals surface area contributed by atoms with Crippen LogP contribution in [0.4, 0.5) is 0 Å². The zero-order chi connectivity index (χ0) is 11.2. The summed E-state index contributed by atoms with van der Waals surface area (Å²) in [5.41, 5.74) is 0. The maximum atomic E-state index is 9.28. The Morgan fingerprint density at radius 3 is 2.75 bits per heavy atom. The van der Waals surface area contributed by atoms with Crippen molar-refractivity contribution in [3.63, 3.8) is 0 Å². The Morgan fingerprint density at radius 1 is 1.00 bits per heavy atom. The zero-order valence-electron chi connectivity index (χ0n) is 10.0. The van der Waals surface area contributed by atoms with Gasteiger partial charge in [-0.05, 0) is 19.3 Å². The molecule has 0 aromatic heterocycles. The van der Waals surface area contributed by atoms with Crippen LogP contribution in [0.1, 0.15) is 38.5 Å². The third-order valence-electron chi connectivity index (χ3n) is 3.87. The highest BCUT2D eigenvalue weighted by molar-refractivity contribution is 4.94. The predicted octanol–water partition coefficient (Wildman–Crippen LogP) is 2.18.